The van der Waals surface area contributed by atoms with Gasteiger partial charge in [-0.1, -0.05) is 33.1 Å². The van der Waals surface area contributed by atoms with Crippen LogP contribution in [0.5, 0.6) is 5.75 Å². The average Bonchev–Trinajstić information content (AvgIpc) is 3.36. The van der Waals surface area contributed by atoms with Gasteiger partial charge in [0.15, 0.2) is 12.3 Å². The van der Waals surface area contributed by atoms with Crippen LogP contribution in [-0.2, 0) is 22.7 Å². The highest BCUT2D eigenvalue weighted by Crippen LogP contribution is 2.21. The molecule has 0 radical (unpaired) electrons. The lowest BCUT2D eigenvalue weighted by Gasteiger charge is -2.09. The predicted molar refractivity (Wildman–Crippen MR) is 150 cm³/mol. The molecule has 0 aliphatic heterocycles. The zero-order valence-electron chi connectivity index (χ0n) is 22.8. The van der Waals surface area contributed by atoms with Crippen LogP contribution in [0, 0.1) is 0 Å². The number of carboxylic acids is 1. The van der Waals surface area contributed by atoms with Crippen molar-refractivity contribution in [3.05, 3.63) is 45.1 Å². The van der Waals surface area contributed by atoms with Gasteiger partial charge in [0.2, 0.25) is 5.91 Å². The van der Waals surface area contributed by atoms with Crippen LogP contribution in [0.25, 0.3) is 22.6 Å². The number of aliphatic carboxylic acids is 1. The Morgan fingerprint density at radius 3 is 2.18 bits per heavy atom. The molecule has 0 spiro atoms. The zero-order valence-corrected chi connectivity index (χ0v) is 22.8. The number of aryl methyl sites for hydroxylation is 1. The number of nitrogens with zero attached hydrogens (tertiary/aromatic N) is 3. The number of primary amides is 1. The van der Waals surface area contributed by atoms with Gasteiger partial charge in [0.25, 0.3) is 5.56 Å². The molecule has 0 unspecified atom stereocenters. The molecule has 1 amide bonds. The quantitative estimate of drug-likeness (QED) is 0.210. The molecule has 2 aromatic heterocycles. The molecule has 39 heavy (non-hydrogen) atoms. The van der Waals surface area contributed by atoms with Gasteiger partial charge >= 0.3 is 11.7 Å². The van der Waals surface area contributed by atoms with E-state index in [0.717, 1.165) is 32.2 Å². The molecule has 6 N–H and O–H groups in total. The van der Waals surface area contributed by atoms with E-state index < -0.39 is 12.6 Å². The van der Waals surface area contributed by atoms with Crippen LogP contribution in [0.1, 0.15) is 65.2 Å². The number of H-pyrrole nitrogens is 1. The number of aromatic nitrogens is 4. The third-order valence-corrected chi connectivity index (χ3v) is 5.87. The molecule has 214 valence electrons. The SMILES string of the molecule is CCCn1c(=O)c2[nH]c(-c3ccc(OCC(=O)O)cc3)nc2n(CCC)c1=O.NCCCCCCCC(N)=O. The second-order valence-electron chi connectivity index (χ2n) is 9.15. The minimum atomic E-state index is -1.06. The lowest BCUT2D eigenvalue weighted by atomic mass is 10.1. The first kappa shape index (κ1) is 31.3. The van der Waals surface area contributed by atoms with Gasteiger partial charge in [-0.05, 0) is 56.5 Å². The number of imidazole rings is 1. The fraction of sp³-hybridized carbons (Fsp3) is 0.519. The first-order chi connectivity index (χ1) is 18.7. The second kappa shape index (κ2) is 16.1. The van der Waals surface area contributed by atoms with E-state index in [2.05, 4.69) is 9.97 Å². The van der Waals surface area contributed by atoms with Gasteiger partial charge in [-0.15, -0.1) is 0 Å². The summed E-state index contributed by atoms with van der Waals surface area (Å²) in [5.74, 6) is -0.381. The lowest BCUT2D eigenvalue weighted by Crippen LogP contribution is -2.40. The summed E-state index contributed by atoms with van der Waals surface area (Å²) >= 11 is 0. The van der Waals surface area contributed by atoms with Crippen LogP contribution in [-0.4, -0.2) is 49.2 Å². The van der Waals surface area contributed by atoms with Gasteiger partial charge in [0.05, 0.1) is 0 Å². The molecular weight excluding hydrogens is 504 g/mol. The largest absolute Gasteiger partial charge is 0.482 e. The summed E-state index contributed by atoms with van der Waals surface area (Å²) in [5, 5.41) is 8.67. The molecule has 12 nitrogen and oxygen atoms in total. The van der Waals surface area contributed by atoms with E-state index in [1.807, 2.05) is 13.8 Å². The molecule has 0 fully saturated rings. The van der Waals surface area contributed by atoms with Gasteiger partial charge in [0.1, 0.15) is 17.1 Å². The maximum atomic E-state index is 12.7. The molecule has 1 aromatic carbocycles. The average molecular weight is 545 g/mol. The topological polar surface area (TPSA) is 188 Å². The van der Waals surface area contributed by atoms with Crippen LogP contribution >= 0.6 is 0 Å². The second-order valence-corrected chi connectivity index (χ2v) is 9.15. The van der Waals surface area contributed by atoms with Crippen LogP contribution in [0.15, 0.2) is 33.9 Å². The van der Waals surface area contributed by atoms with Crippen molar-refractivity contribution in [2.75, 3.05) is 13.2 Å². The Morgan fingerprint density at radius 2 is 1.59 bits per heavy atom. The molecule has 0 atom stereocenters. The van der Waals surface area contributed by atoms with E-state index in [0.29, 0.717) is 54.2 Å². The number of carbonyl (C=O) groups is 2. The van der Waals surface area contributed by atoms with Gasteiger partial charge in [0, 0.05) is 25.1 Å². The number of nitrogens with two attached hydrogens (primary N) is 2. The Morgan fingerprint density at radius 1 is 0.974 bits per heavy atom. The Hall–Kier alpha value is -3.93. The third-order valence-electron chi connectivity index (χ3n) is 5.87. The maximum absolute atomic E-state index is 12.7. The molecule has 0 saturated carbocycles. The van der Waals surface area contributed by atoms with Crippen molar-refractivity contribution in [3.63, 3.8) is 0 Å². The number of carboxylic acid groups (broad SMARTS) is 1. The highest BCUT2D eigenvalue weighted by atomic mass is 16.5. The van der Waals surface area contributed by atoms with Gasteiger partial charge in [-0.2, -0.15) is 0 Å². The number of carbonyl (C=O) groups excluding carboxylic acids is 1. The molecule has 0 saturated heterocycles. The number of ether oxygens (including phenoxy) is 1. The van der Waals surface area contributed by atoms with E-state index in [4.69, 9.17) is 21.3 Å². The number of hydrogen-bond donors (Lipinski definition) is 4. The summed E-state index contributed by atoms with van der Waals surface area (Å²) < 4.78 is 7.88. The van der Waals surface area contributed by atoms with E-state index >= 15 is 0 Å². The molecule has 0 aliphatic carbocycles. The van der Waals surface area contributed by atoms with Crippen molar-refractivity contribution in [2.24, 2.45) is 11.5 Å². The number of fused-ring (bicyclic) bond motifs is 1. The van der Waals surface area contributed by atoms with Crippen LogP contribution in [0.4, 0.5) is 0 Å². The van der Waals surface area contributed by atoms with Crippen molar-refractivity contribution in [3.8, 4) is 17.1 Å². The van der Waals surface area contributed by atoms with Crippen LogP contribution < -0.4 is 27.5 Å². The number of nitrogens with one attached hydrogen (secondary N) is 1. The Bertz CT molecular complexity index is 1330. The first-order valence-corrected chi connectivity index (χ1v) is 13.4. The minimum absolute atomic E-state index is 0.191. The fourth-order valence-electron chi connectivity index (χ4n) is 3.98. The number of hydrogen-bond acceptors (Lipinski definition) is 7. The number of amides is 1. The molecule has 3 rings (SSSR count). The van der Waals surface area contributed by atoms with Gasteiger partial charge in [-0.3, -0.25) is 18.7 Å². The zero-order chi connectivity index (χ0) is 28.8. The Labute approximate surface area is 227 Å². The molecule has 0 bridgehead atoms. The highest BCUT2D eigenvalue weighted by molar-refractivity contribution is 5.75. The smallest absolute Gasteiger partial charge is 0.341 e. The van der Waals surface area contributed by atoms with Crippen LogP contribution in [0.3, 0.4) is 0 Å². The molecule has 0 aliphatic rings. The fourth-order valence-corrected chi connectivity index (χ4v) is 3.98. The lowest BCUT2D eigenvalue weighted by molar-refractivity contribution is -0.139. The van der Waals surface area contributed by atoms with Crippen molar-refractivity contribution < 1.29 is 19.4 Å². The maximum Gasteiger partial charge on any atom is 0.341 e. The Kier molecular flexibility index (Phi) is 12.9. The molecule has 3 aromatic rings. The molecular formula is C27H40N6O6. The number of aromatic amines is 1. The highest BCUT2D eigenvalue weighted by Gasteiger charge is 2.17. The van der Waals surface area contributed by atoms with Crippen LogP contribution in [0.2, 0.25) is 0 Å². The van der Waals surface area contributed by atoms with Crippen molar-refractivity contribution >= 4 is 23.0 Å². The predicted octanol–water partition coefficient (Wildman–Crippen LogP) is 2.61. The number of unbranched alkanes of at least 4 members (excludes halogenated alkanes) is 4. The normalized spacial score (nSPS) is 10.7. The summed E-state index contributed by atoms with van der Waals surface area (Å²) in [6.07, 6.45) is 7.41. The standard InChI is InChI=1S/C19H22N4O5.C8H18N2O/c1-3-9-22-17-15(18(26)23(10-4-2)19(22)27)20-16(21-17)12-5-7-13(8-6-12)28-11-14(24)25;9-7-5-3-1-2-4-6-8(10)11/h5-8H,3-4,9-11H2,1-2H3,(H,20,21)(H,24,25);1-7,9H2,(H2,10,11). The molecule has 12 heteroatoms. The van der Waals surface area contributed by atoms with Crippen molar-refractivity contribution in [1.29, 1.82) is 0 Å². The van der Waals surface area contributed by atoms with Crippen molar-refractivity contribution in [2.45, 2.75) is 78.3 Å². The number of benzene rings is 1. The van der Waals surface area contributed by atoms with Gasteiger partial charge < -0.3 is 26.3 Å². The molecule has 2 heterocycles. The van der Waals surface area contributed by atoms with E-state index in [1.165, 1.54) is 22.0 Å². The monoisotopic (exact) mass is 544 g/mol. The Balaban J connectivity index is 0.000000411. The van der Waals surface area contributed by atoms with Gasteiger partial charge in [-0.25, -0.2) is 14.6 Å². The van der Waals surface area contributed by atoms with E-state index in [-0.39, 0.29) is 17.2 Å². The summed E-state index contributed by atoms with van der Waals surface area (Å²) in [6.45, 7) is 5.02. The number of rotatable bonds is 15. The van der Waals surface area contributed by atoms with E-state index in [9.17, 15) is 19.2 Å². The van der Waals surface area contributed by atoms with Crippen molar-refractivity contribution in [1.82, 2.24) is 19.1 Å². The summed E-state index contributed by atoms with van der Waals surface area (Å²) in [6, 6.07) is 6.67. The first-order valence-electron chi connectivity index (χ1n) is 13.4. The summed E-state index contributed by atoms with van der Waals surface area (Å²) in [4.78, 5) is 53.8. The summed E-state index contributed by atoms with van der Waals surface area (Å²) in [7, 11) is 0. The minimum Gasteiger partial charge on any atom is -0.482 e. The summed E-state index contributed by atoms with van der Waals surface area (Å²) in [5.41, 5.74) is 10.9. The van der Waals surface area contributed by atoms with E-state index in [1.54, 1.807) is 24.3 Å². The third kappa shape index (κ3) is 9.40.